The number of benzene rings is 1. The average molecular weight is 430 g/mol. The van der Waals surface area contributed by atoms with E-state index in [1.54, 1.807) is 23.5 Å². The number of carbonyl (C=O) groups is 1. The molecule has 3 heterocycles. The minimum atomic E-state index is -3.73. The lowest BCUT2D eigenvalue weighted by atomic mass is 9.93. The van der Waals surface area contributed by atoms with Crippen LogP contribution in [0.25, 0.3) is 0 Å². The van der Waals surface area contributed by atoms with E-state index in [0.717, 1.165) is 13.0 Å². The predicted molar refractivity (Wildman–Crippen MR) is 111 cm³/mol. The second kappa shape index (κ2) is 7.90. The Morgan fingerprint density at radius 2 is 1.90 bits per heavy atom. The van der Waals surface area contributed by atoms with Crippen LogP contribution in [0.1, 0.15) is 41.8 Å². The highest BCUT2D eigenvalue weighted by atomic mass is 32.2. The van der Waals surface area contributed by atoms with Crippen LogP contribution in [0.15, 0.2) is 40.6 Å². The van der Waals surface area contributed by atoms with E-state index in [1.165, 1.54) is 26.9 Å². The summed E-state index contributed by atoms with van der Waals surface area (Å²) in [5, 5.41) is 11.3. The smallest absolute Gasteiger partial charge is 0.244 e. The summed E-state index contributed by atoms with van der Waals surface area (Å²) in [7, 11) is -3.73. The SMILES string of the molecule is CC1c2ccsc2CCN1C(=O)C1CCN(S(=O)(=O)c2ccccc2C#N)CC1. The first-order valence-electron chi connectivity index (χ1n) is 9.79. The lowest BCUT2D eigenvalue weighted by molar-refractivity contribution is -0.139. The summed E-state index contributed by atoms with van der Waals surface area (Å²) in [5.41, 5.74) is 1.39. The molecule has 0 bridgehead atoms. The summed E-state index contributed by atoms with van der Waals surface area (Å²) >= 11 is 1.75. The molecule has 0 aliphatic carbocycles. The topological polar surface area (TPSA) is 81.5 Å². The van der Waals surface area contributed by atoms with Crippen LogP contribution in [0.5, 0.6) is 0 Å². The third-order valence-corrected chi connectivity index (χ3v) is 8.94. The summed E-state index contributed by atoms with van der Waals surface area (Å²) in [5.74, 6) is -0.0286. The van der Waals surface area contributed by atoms with Crippen LogP contribution in [0.4, 0.5) is 0 Å². The standard InChI is InChI=1S/C21H23N3O3S2/c1-15-18-9-13-28-19(18)8-12-24(15)21(25)16-6-10-23(11-7-16)29(26,27)20-5-3-2-4-17(20)14-22/h2-5,9,13,15-16H,6-8,10-12H2,1H3. The molecule has 8 heteroatoms. The van der Waals surface area contributed by atoms with Crippen molar-refractivity contribution in [1.29, 1.82) is 5.26 Å². The molecule has 1 amide bonds. The van der Waals surface area contributed by atoms with Gasteiger partial charge < -0.3 is 4.90 Å². The van der Waals surface area contributed by atoms with Crippen LogP contribution in [0.3, 0.4) is 0 Å². The third-order valence-electron chi connectivity index (χ3n) is 5.99. The molecule has 1 fully saturated rings. The van der Waals surface area contributed by atoms with E-state index in [1.807, 2.05) is 11.0 Å². The Balaban J connectivity index is 1.45. The van der Waals surface area contributed by atoms with Crippen LogP contribution in [-0.4, -0.2) is 43.2 Å². The van der Waals surface area contributed by atoms with Gasteiger partial charge in [-0.05, 0) is 55.3 Å². The molecule has 4 rings (SSSR count). The van der Waals surface area contributed by atoms with Crippen molar-refractivity contribution in [2.45, 2.75) is 37.1 Å². The number of fused-ring (bicyclic) bond motifs is 1. The molecular formula is C21H23N3O3S2. The van der Waals surface area contributed by atoms with Crippen LogP contribution in [0.2, 0.25) is 0 Å². The maximum Gasteiger partial charge on any atom is 0.244 e. The normalized spacial score (nSPS) is 20.8. The number of hydrogen-bond donors (Lipinski definition) is 0. The molecule has 0 spiro atoms. The van der Waals surface area contributed by atoms with Gasteiger partial charge in [0.25, 0.3) is 0 Å². The van der Waals surface area contributed by atoms with Crippen molar-refractivity contribution in [2.24, 2.45) is 5.92 Å². The van der Waals surface area contributed by atoms with Crippen molar-refractivity contribution < 1.29 is 13.2 Å². The van der Waals surface area contributed by atoms with Crippen molar-refractivity contribution >= 4 is 27.3 Å². The maximum atomic E-state index is 13.1. The number of piperidine rings is 1. The Bertz CT molecular complexity index is 1060. The molecular weight excluding hydrogens is 406 g/mol. The summed E-state index contributed by atoms with van der Waals surface area (Å²) in [4.78, 5) is 16.5. The summed E-state index contributed by atoms with van der Waals surface area (Å²) < 4.78 is 27.4. The van der Waals surface area contributed by atoms with Gasteiger partial charge in [-0.2, -0.15) is 9.57 Å². The Kier molecular flexibility index (Phi) is 5.47. The Hall–Kier alpha value is -2.21. The van der Waals surface area contributed by atoms with Gasteiger partial charge in [0.2, 0.25) is 15.9 Å². The molecule has 29 heavy (non-hydrogen) atoms. The maximum absolute atomic E-state index is 13.1. The van der Waals surface area contributed by atoms with Gasteiger partial charge in [0.1, 0.15) is 6.07 Å². The van der Waals surface area contributed by atoms with Gasteiger partial charge >= 0.3 is 0 Å². The number of rotatable bonds is 3. The molecule has 6 nitrogen and oxygen atoms in total. The predicted octanol–water partition coefficient (Wildman–Crippen LogP) is 3.17. The van der Waals surface area contributed by atoms with Crippen molar-refractivity contribution in [3.05, 3.63) is 51.7 Å². The molecule has 1 aromatic carbocycles. The van der Waals surface area contributed by atoms with Crippen LogP contribution >= 0.6 is 11.3 Å². The third kappa shape index (κ3) is 3.59. The van der Waals surface area contributed by atoms with E-state index >= 15 is 0 Å². The number of carbonyl (C=O) groups excluding carboxylic acids is 1. The summed E-state index contributed by atoms with van der Waals surface area (Å²) in [6.07, 6.45) is 1.90. The highest BCUT2D eigenvalue weighted by molar-refractivity contribution is 7.89. The van der Waals surface area contributed by atoms with E-state index in [9.17, 15) is 18.5 Å². The number of thiophene rings is 1. The molecule has 2 aromatic rings. The highest BCUT2D eigenvalue weighted by Gasteiger charge is 2.37. The van der Waals surface area contributed by atoms with Crippen molar-refractivity contribution in [3.63, 3.8) is 0 Å². The van der Waals surface area contributed by atoms with Crippen LogP contribution < -0.4 is 0 Å². The minimum absolute atomic E-state index is 0.0434. The molecule has 1 atom stereocenters. The average Bonchev–Trinajstić information content (AvgIpc) is 3.23. The lowest BCUT2D eigenvalue weighted by Crippen LogP contribution is -2.46. The molecule has 2 aliphatic rings. The zero-order chi connectivity index (χ0) is 20.6. The van der Waals surface area contributed by atoms with E-state index in [-0.39, 0.29) is 28.3 Å². The monoisotopic (exact) mass is 429 g/mol. The number of hydrogen-bond acceptors (Lipinski definition) is 5. The van der Waals surface area contributed by atoms with Crippen molar-refractivity contribution in [2.75, 3.05) is 19.6 Å². The van der Waals surface area contributed by atoms with Crippen molar-refractivity contribution in [1.82, 2.24) is 9.21 Å². The molecule has 2 aliphatic heterocycles. The second-order valence-electron chi connectivity index (χ2n) is 7.54. The molecule has 0 radical (unpaired) electrons. The number of nitriles is 1. The van der Waals surface area contributed by atoms with Gasteiger partial charge in [0.05, 0.1) is 16.5 Å². The Morgan fingerprint density at radius 3 is 2.62 bits per heavy atom. The summed E-state index contributed by atoms with van der Waals surface area (Å²) in [6, 6.07) is 10.4. The zero-order valence-electron chi connectivity index (χ0n) is 16.2. The number of sulfonamides is 1. The fraction of sp³-hybridized carbons (Fsp3) is 0.429. The van der Waals surface area contributed by atoms with Crippen LogP contribution in [0, 0.1) is 17.2 Å². The largest absolute Gasteiger partial charge is 0.335 e. The summed E-state index contributed by atoms with van der Waals surface area (Å²) in [6.45, 7) is 3.39. The highest BCUT2D eigenvalue weighted by Crippen LogP contribution is 2.35. The first-order valence-corrected chi connectivity index (χ1v) is 12.1. The van der Waals surface area contributed by atoms with E-state index < -0.39 is 10.0 Å². The first kappa shape index (κ1) is 20.1. The molecule has 152 valence electrons. The molecule has 1 aromatic heterocycles. The van der Waals surface area contributed by atoms with Gasteiger partial charge in [-0.25, -0.2) is 8.42 Å². The first-order chi connectivity index (χ1) is 13.9. The molecule has 1 unspecified atom stereocenters. The Morgan fingerprint density at radius 1 is 1.17 bits per heavy atom. The van der Waals surface area contributed by atoms with Gasteiger partial charge in [-0.3, -0.25) is 4.79 Å². The Labute approximate surface area is 175 Å². The van der Waals surface area contributed by atoms with Gasteiger partial charge in [0, 0.05) is 30.4 Å². The second-order valence-corrected chi connectivity index (χ2v) is 10.5. The molecule has 0 N–H and O–H groups in total. The minimum Gasteiger partial charge on any atom is -0.335 e. The fourth-order valence-corrected chi connectivity index (χ4v) is 6.89. The zero-order valence-corrected chi connectivity index (χ0v) is 17.9. The number of amides is 1. The van der Waals surface area contributed by atoms with Gasteiger partial charge in [-0.1, -0.05) is 12.1 Å². The van der Waals surface area contributed by atoms with E-state index in [4.69, 9.17) is 0 Å². The van der Waals surface area contributed by atoms with Crippen molar-refractivity contribution in [3.8, 4) is 6.07 Å². The quantitative estimate of drug-likeness (QED) is 0.750. The van der Waals surface area contributed by atoms with Gasteiger partial charge in [-0.15, -0.1) is 11.3 Å². The van der Waals surface area contributed by atoms with Crippen LogP contribution in [-0.2, 0) is 21.2 Å². The van der Waals surface area contributed by atoms with Gasteiger partial charge in [0.15, 0.2) is 0 Å². The molecule has 0 saturated carbocycles. The lowest BCUT2D eigenvalue weighted by Gasteiger charge is -2.38. The van der Waals surface area contributed by atoms with E-state index in [2.05, 4.69) is 18.4 Å². The van der Waals surface area contributed by atoms with E-state index in [0.29, 0.717) is 25.9 Å². The molecule has 1 saturated heterocycles. The fourth-order valence-electron chi connectivity index (χ4n) is 4.31. The number of nitrogens with zero attached hydrogens (tertiary/aromatic N) is 3.